The lowest BCUT2D eigenvalue weighted by Gasteiger charge is -2.43. The number of hydrogen-bond acceptors (Lipinski definition) is 4. The normalized spacial score (nSPS) is 16.2. The molecule has 3 aromatic rings. The quantitative estimate of drug-likeness (QED) is 0.490. The smallest absolute Gasteiger partial charge is 0.321 e. The Bertz CT molecular complexity index is 1090. The molecule has 7 nitrogen and oxygen atoms in total. The Morgan fingerprint density at radius 2 is 1.97 bits per heavy atom. The van der Waals surface area contributed by atoms with E-state index in [4.69, 9.17) is 16.3 Å². The topological polar surface area (TPSA) is 90.5 Å². The first-order valence-electron chi connectivity index (χ1n) is 10.8. The van der Waals surface area contributed by atoms with Gasteiger partial charge in [-0.15, -0.1) is 0 Å². The highest BCUT2D eigenvalue weighted by molar-refractivity contribution is 6.31. The first-order chi connectivity index (χ1) is 15.3. The van der Waals surface area contributed by atoms with Gasteiger partial charge in [0.05, 0.1) is 24.9 Å². The molecular formula is C24H29ClN4O3. The molecule has 1 aromatic heterocycles. The number of likely N-dealkylation sites (tertiary alicyclic amines) is 1. The zero-order valence-electron chi connectivity index (χ0n) is 18.6. The summed E-state index contributed by atoms with van der Waals surface area (Å²) in [6, 6.07) is 10.8. The first kappa shape index (κ1) is 22.4. The molecule has 32 heavy (non-hydrogen) atoms. The number of piperidine rings is 1. The van der Waals surface area contributed by atoms with Gasteiger partial charge in [-0.05, 0) is 60.6 Å². The van der Waals surface area contributed by atoms with Crippen LogP contribution in [0, 0.1) is 11.3 Å². The Morgan fingerprint density at radius 3 is 2.62 bits per heavy atom. The monoisotopic (exact) mass is 456 g/mol. The number of benzene rings is 2. The zero-order valence-corrected chi connectivity index (χ0v) is 19.3. The molecule has 0 saturated carbocycles. The van der Waals surface area contributed by atoms with E-state index in [0.717, 1.165) is 40.7 Å². The van der Waals surface area contributed by atoms with E-state index in [1.807, 2.05) is 41.3 Å². The summed E-state index contributed by atoms with van der Waals surface area (Å²) in [6.45, 7) is 5.44. The number of anilines is 1. The van der Waals surface area contributed by atoms with Gasteiger partial charge < -0.3 is 20.1 Å². The van der Waals surface area contributed by atoms with E-state index in [1.165, 1.54) is 0 Å². The van der Waals surface area contributed by atoms with Crippen molar-refractivity contribution in [2.75, 3.05) is 25.5 Å². The SMILES string of the molecule is COc1ccc(NC(=O)N2CCC(C(C)(C)C(O)c3cc(Cl)cc4cn[nH]c34)CC2)cc1. The summed E-state index contributed by atoms with van der Waals surface area (Å²) in [7, 11) is 1.61. The van der Waals surface area contributed by atoms with Gasteiger partial charge in [0.15, 0.2) is 0 Å². The number of nitrogens with one attached hydrogen (secondary N) is 2. The predicted octanol–water partition coefficient (Wildman–Crippen LogP) is 5.23. The molecule has 1 saturated heterocycles. The highest BCUT2D eigenvalue weighted by Crippen LogP contribution is 2.46. The van der Waals surface area contributed by atoms with Gasteiger partial charge in [0.2, 0.25) is 0 Å². The molecule has 8 heteroatoms. The lowest BCUT2D eigenvalue weighted by Crippen LogP contribution is -2.45. The second kappa shape index (κ2) is 9.00. The third-order valence-corrected chi connectivity index (χ3v) is 6.94. The van der Waals surface area contributed by atoms with E-state index < -0.39 is 11.5 Å². The van der Waals surface area contributed by atoms with Crippen LogP contribution < -0.4 is 10.1 Å². The second-order valence-corrected chi connectivity index (χ2v) is 9.41. The number of carbonyl (C=O) groups excluding carboxylic acids is 1. The van der Waals surface area contributed by atoms with Crippen molar-refractivity contribution in [3.05, 3.63) is 53.2 Å². The Labute approximate surface area is 192 Å². The molecular weight excluding hydrogens is 428 g/mol. The molecule has 4 rings (SSSR count). The fourth-order valence-corrected chi connectivity index (χ4v) is 4.83. The van der Waals surface area contributed by atoms with Crippen molar-refractivity contribution in [2.24, 2.45) is 11.3 Å². The molecule has 1 atom stereocenters. The minimum absolute atomic E-state index is 0.110. The number of urea groups is 1. The van der Waals surface area contributed by atoms with E-state index in [0.29, 0.717) is 18.1 Å². The van der Waals surface area contributed by atoms with Crippen LogP contribution in [0.15, 0.2) is 42.6 Å². The molecule has 0 aliphatic carbocycles. The molecule has 0 bridgehead atoms. The van der Waals surface area contributed by atoms with Gasteiger partial charge in [-0.25, -0.2) is 4.79 Å². The molecule has 0 radical (unpaired) electrons. The Morgan fingerprint density at radius 1 is 1.28 bits per heavy atom. The molecule has 170 valence electrons. The maximum atomic E-state index is 12.7. The van der Waals surface area contributed by atoms with Crippen LogP contribution in [0.1, 0.15) is 38.4 Å². The summed E-state index contributed by atoms with van der Waals surface area (Å²) in [6.07, 6.45) is 2.62. The lowest BCUT2D eigenvalue weighted by molar-refractivity contribution is -0.0138. The number of amides is 2. The lowest BCUT2D eigenvalue weighted by atomic mass is 9.68. The Balaban J connectivity index is 1.41. The number of aliphatic hydroxyl groups is 1. The molecule has 1 aliphatic rings. The van der Waals surface area contributed by atoms with Crippen LogP contribution in [-0.4, -0.2) is 46.4 Å². The van der Waals surface area contributed by atoms with Crippen molar-refractivity contribution in [3.8, 4) is 5.75 Å². The van der Waals surface area contributed by atoms with Crippen molar-refractivity contribution >= 4 is 34.2 Å². The maximum absolute atomic E-state index is 12.7. The molecule has 2 heterocycles. The number of carbonyl (C=O) groups is 1. The Kier molecular flexibility index (Phi) is 6.31. The molecule has 1 unspecified atom stereocenters. The van der Waals surface area contributed by atoms with E-state index in [9.17, 15) is 9.90 Å². The number of nitrogens with zero attached hydrogens (tertiary/aromatic N) is 2. The van der Waals surface area contributed by atoms with E-state index in [1.54, 1.807) is 13.3 Å². The zero-order chi connectivity index (χ0) is 22.9. The van der Waals surface area contributed by atoms with Crippen LogP contribution in [0.4, 0.5) is 10.5 Å². The molecule has 3 N–H and O–H groups in total. The maximum Gasteiger partial charge on any atom is 0.321 e. The van der Waals surface area contributed by atoms with Crippen molar-refractivity contribution < 1.29 is 14.6 Å². The van der Waals surface area contributed by atoms with Gasteiger partial charge in [0, 0.05) is 34.7 Å². The van der Waals surface area contributed by atoms with E-state index in [2.05, 4.69) is 29.4 Å². The number of ether oxygens (including phenoxy) is 1. The third-order valence-electron chi connectivity index (χ3n) is 6.72. The van der Waals surface area contributed by atoms with Gasteiger partial charge >= 0.3 is 6.03 Å². The summed E-state index contributed by atoms with van der Waals surface area (Å²) in [5, 5.41) is 22.8. The standard InChI is InChI=1S/C24H29ClN4O3/c1-24(2,22(30)20-13-17(25)12-15-14-26-28-21(15)20)16-8-10-29(11-9-16)23(31)27-18-4-6-19(32-3)7-5-18/h4-7,12-14,16,22,30H,8-11H2,1-3H3,(H,26,28)(H,27,31). The van der Waals surface area contributed by atoms with Gasteiger partial charge in [-0.2, -0.15) is 5.10 Å². The van der Waals surface area contributed by atoms with Crippen LogP contribution in [-0.2, 0) is 0 Å². The summed E-state index contributed by atoms with van der Waals surface area (Å²) in [5.41, 5.74) is 1.90. The summed E-state index contributed by atoms with van der Waals surface area (Å²) in [5.74, 6) is 0.996. The molecule has 0 spiro atoms. The molecule has 1 fully saturated rings. The average molecular weight is 457 g/mol. The van der Waals surface area contributed by atoms with Gasteiger partial charge in [-0.1, -0.05) is 25.4 Å². The number of hydrogen-bond donors (Lipinski definition) is 3. The van der Waals surface area contributed by atoms with E-state index >= 15 is 0 Å². The number of rotatable bonds is 5. The van der Waals surface area contributed by atoms with Crippen molar-refractivity contribution in [1.29, 1.82) is 0 Å². The average Bonchev–Trinajstić information content (AvgIpc) is 3.27. The molecule has 2 amide bonds. The largest absolute Gasteiger partial charge is 0.497 e. The summed E-state index contributed by atoms with van der Waals surface area (Å²) >= 11 is 6.29. The number of methoxy groups -OCH3 is 1. The number of aliphatic hydroxyl groups excluding tert-OH is 1. The third kappa shape index (κ3) is 4.40. The van der Waals surface area contributed by atoms with Crippen LogP contribution in [0.3, 0.4) is 0 Å². The second-order valence-electron chi connectivity index (χ2n) is 8.97. The van der Waals surface area contributed by atoms with Gasteiger partial charge in [-0.3, -0.25) is 5.10 Å². The summed E-state index contributed by atoms with van der Waals surface area (Å²) < 4.78 is 5.15. The van der Waals surface area contributed by atoms with Gasteiger partial charge in [0.25, 0.3) is 0 Å². The van der Waals surface area contributed by atoms with Crippen LogP contribution in [0.25, 0.3) is 10.9 Å². The van der Waals surface area contributed by atoms with Crippen molar-refractivity contribution in [2.45, 2.75) is 32.8 Å². The highest BCUT2D eigenvalue weighted by atomic mass is 35.5. The number of aromatic nitrogens is 2. The summed E-state index contributed by atoms with van der Waals surface area (Å²) in [4.78, 5) is 14.5. The number of aromatic amines is 1. The Hall–Kier alpha value is -2.77. The van der Waals surface area contributed by atoms with Crippen molar-refractivity contribution in [1.82, 2.24) is 15.1 Å². The van der Waals surface area contributed by atoms with Crippen LogP contribution >= 0.6 is 11.6 Å². The predicted molar refractivity (Wildman–Crippen MR) is 126 cm³/mol. The molecule has 1 aliphatic heterocycles. The highest BCUT2D eigenvalue weighted by Gasteiger charge is 2.40. The fourth-order valence-electron chi connectivity index (χ4n) is 4.59. The number of H-pyrrole nitrogens is 1. The minimum atomic E-state index is -0.714. The number of halogens is 1. The van der Waals surface area contributed by atoms with E-state index in [-0.39, 0.29) is 11.9 Å². The van der Waals surface area contributed by atoms with Crippen molar-refractivity contribution in [3.63, 3.8) is 0 Å². The fraction of sp³-hybridized carbons (Fsp3) is 0.417. The van der Waals surface area contributed by atoms with Crippen LogP contribution in [0.2, 0.25) is 5.02 Å². The first-order valence-corrected chi connectivity index (χ1v) is 11.2. The minimum Gasteiger partial charge on any atom is -0.497 e. The van der Waals surface area contributed by atoms with Gasteiger partial charge in [0.1, 0.15) is 5.75 Å². The molecule has 2 aromatic carbocycles. The van der Waals surface area contributed by atoms with Crippen LogP contribution in [0.5, 0.6) is 5.75 Å². The number of fused-ring (bicyclic) bond motifs is 1.